The van der Waals surface area contributed by atoms with Gasteiger partial charge in [0.25, 0.3) is 5.91 Å². The molecule has 0 saturated carbocycles. The van der Waals surface area contributed by atoms with Gasteiger partial charge in [0.15, 0.2) is 0 Å². The Hall–Kier alpha value is -2.69. The molecule has 0 aliphatic heterocycles. The van der Waals surface area contributed by atoms with Gasteiger partial charge in [-0.25, -0.2) is 13.1 Å². The molecule has 7 heteroatoms. The van der Waals surface area contributed by atoms with E-state index in [9.17, 15) is 13.2 Å². The number of nitrogens with one attached hydrogen (secondary N) is 1. The number of carbonyl (C=O) groups excluding carboxylic acids is 1. The van der Waals surface area contributed by atoms with Crippen molar-refractivity contribution in [2.24, 2.45) is 0 Å². The molecule has 0 radical (unpaired) electrons. The van der Waals surface area contributed by atoms with Gasteiger partial charge in [0.05, 0.1) is 11.0 Å². The Morgan fingerprint density at radius 3 is 2.37 bits per heavy atom. The molecule has 0 fully saturated rings. The van der Waals surface area contributed by atoms with Gasteiger partial charge in [0.2, 0.25) is 10.0 Å². The maximum Gasteiger partial charge on any atom is 0.254 e. The third-order valence-corrected chi connectivity index (χ3v) is 5.41. The third-order valence-electron chi connectivity index (χ3n) is 3.94. The van der Waals surface area contributed by atoms with Gasteiger partial charge >= 0.3 is 0 Å². The zero-order valence-corrected chi connectivity index (χ0v) is 16.1. The molecule has 0 aromatic heterocycles. The molecule has 0 atom stereocenters. The second-order valence-corrected chi connectivity index (χ2v) is 7.81. The van der Waals surface area contributed by atoms with Crippen LogP contribution in [0, 0.1) is 11.3 Å². The number of amides is 1. The quantitative estimate of drug-likeness (QED) is 0.672. The zero-order valence-electron chi connectivity index (χ0n) is 15.3. The second-order valence-electron chi connectivity index (χ2n) is 6.04. The van der Waals surface area contributed by atoms with Crippen molar-refractivity contribution >= 4 is 15.9 Å². The highest BCUT2D eigenvalue weighted by Crippen LogP contribution is 2.14. The van der Waals surface area contributed by atoms with Crippen molar-refractivity contribution in [1.82, 2.24) is 9.62 Å². The maximum atomic E-state index is 12.8. The fraction of sp³-hybridized carbons (Fsp3) is 0.300. The summed E-state index contributed by atoms with van der Waals surface area (Å²) in [5, 5.41) is 8.51. The minimum Gasteiger partial charge on any atom is -0.334 e. The summed E-state index contributed by atoms with van der Waals surface area (Å²) in [6.45, 7) is 3.18. The molecule has 2 rings (SSSR count). The van der Waals surface area contributed by atoms with Crippen LogP contribution >= 0.6 is 0 Å². The van der Waals surface area contributed by atoms with E-state index in [2.05, 4.69) is 4.72 Å². The van der Waals surface area contributed by atoms with Crippen LogP contribution in [0.3, 0.4) is 0 Å². The van der Waals surface area contributed by atoms with Crippen LogP contribution in [0.5, 0.6) is 0 Å². The molecule has 0 spiro atoms. The van der Waals surface area contributed by atoms with Crippen LogP contribution in [0.1, 0.15) is 35.7 Å². The van der Waals surface area contributed by atoms with E-state index < -0.39 is 10.0 Å². The molecule has 27 heavy (non-hydrogen) atoms. The number of sulfonamides is 1. The molecule has 0 aliphatic rings. The number of nitrogens with zero attached hydrogens (tertiary/aromatic N) is 2. The van der Waals surface area contributed by atoms with E-state index in [4.69, 9.17) is 5.26 Å². The molecule has 1 amide bonds. The molecule has 1 N–H and O–H groups in total. The standard InChI is InChI=1S/C20H23N3O3S/c1-2-15-23(16-17-7-4-3-5-8-17)20(24)18-9-11-19(12-10-18)27(25,26)22-14-6-13-21/h3-5,7-12,22H,2,6,14-16H2,1H3. The Bertz CT molecular complexity index is 888. The summed E-state index contributed by atoms with van der Waals surface area (Å²) in [5.41, 5.74) is 1.48. The number of rotatable bonds is 9. The Morgan fingerprint density at radius 1 is 1.11 bits per heavy atom. The van der Waals surface area contributed by atoms with Crippen molar-refractivity contribution in [3.8, 4) is 6.07 Å². The molecular formula is C20H23N3O3S. The van der Waals surface area contributed by atoms with Crippen molar-refractivity contribution in [3.05, 3.63) is 65.7 Å². The molecule has 0 heterocycles. The van der Waals surface area contributed by atoms with Crippen molar-refractivity contribution in [3.63, 3.8) is 0 Å². The lowest BCUT2D eigenvalue weighted by Gasteiger charge is -2.22. The Balaban J connectivity index is 2.13. The smallest absolute Gasteiger partial charge is 0.254 e. The first kappa shape index (κ1) is 20.6. The number of carbonyl (C=O) groups is 1. The first-order valence-corrected chi connectivity index (χ1v) is 10.3. The Kier molecular flexibility index (Phi) is 7.53. The summed E-state index contributed by atoms with van der Waals surface area (Å²) in [5.74, 6) is -0.137. The summed E-state index contributed by atoms with van der Waals surface area (Å²) < 4.78 is 26.7. The fourth-order valence-electron chi connectivity index (χ4n) is 2.61. The van der Waals surface area contributed by atoms with Gasteiger partial charge < -0.3 is 4.90 Å². The normalized spacial score (nSPS) is 11.0. The molecule has 2 aromatic carbocycles. The molecule has 6 nitrogen and oxygen atoms in total. The predicted octanol–water partition coefficient (Wildman–Crippen LogP) is 2.93. The average Bonchev–Trinajstić information content (AvgIpc) is 2.68. The van der Waals surface area contributed by atoms with Crippen LogP contribution in [0.2, 0.25) is 0 Å². The number of nitriles is 1. The lowest BCUT2D eigenvalue weighted by molar-refractivity contribution is 0.0743. The zero-order chi connectivity index (χ0) is 19.7. The van der Waals surface area contributed by atoms with Gasteiger partial charge in [-0.15, -0.1) is 0 Å². The van der Waals surface area contributed by atoms with Gasteiger partial charge in [-0.05, 0) is 36.2 Å². The minimum atomic E-state index is -3.68. The maximum absolute atomic E-state index is 12.8. The van der Waals surface area contributed by atoms with E-state index in [0.717, 1.165) is 12.0 Å². The van der Waals surface area contributed by atoms with Crippen LogP contribution in [-0.2, 0) is 16.6 Å². The van der Waals surface area contributed by atoms with Crippen LogP contribution in [-0.4, -0.2) is 32.3 Å². The second kappa shape index (κ2) is 9.86. The number of hydrogen-bond donors (Lipinski definition) is 1. The van der Waals surface area contributed by atoms with Crippen molar-refractivity contribution in [1.29, 1.82) is 5.26 Å². The fourth-order valence-corrected chi connectivity index (χ4v) is 3.64. The average molecular weight is 385 g/mol. The van der Waals surface area contributed by atoms with Gasteiger partial charge in [-0.1, -0.05) is 37.3 Å². The minimum absolute atomic E-state index is 0.0564. The van der Waals surface area contributed by atoms with Crippen LogP contribution < -0.4 is 4.72 Å². The summed E-state index contributed by atoms with van der Waals surface area (Å²) in [6, 6.07) is 17.5. The number of hydrogen-bond acceptors (Lipinski definition) is 4. The number of benzene rings is 2. The first-order chi connectivity index (χ1) is 13.0. The van der Waals surface area contributed by atoms with Gasteiger partial charge in [0, 0.05) is 31.6 Å². The molecule has 0 unspecified atom stereocenters. The first-order valence-electron chi connectivity index (χ1n) is 8.78. The van der Waals surface area contributed by atoms with E-state index in [0.29, 0.717) is 18.7 Å². The molecule has 2 aromatic rings. The van der Waals surface area contributed by atoms with Crippen LogP contribution in [0.4, 0.5) is 0 Å². The highest BCUT2D eigenvalue weighted by Gasteiger charge is 2.18. The van der Waals surface area contributed by atoms with Crippen LogP contribution in [0.25, 0.3) is 0 Å². The molecule has 0 saturated heterocycles. The van der Waals surface area contributed by atoms with Gasteiger partial charge in [-0.2, -0.15) is 5.26 Å². The van der Waals surface area contributed by atoms with Gasteiger partial charge in [0.1, 0.15) is 0 Å². The van der Waals surface area contributed by atoms with E-state index >= 15 is 0 Å². The van der Waals surface area contributed by atoms with Crippen molar-refractivity contribution < 1.29 is 13.2 Å². The summed E-state index contributed by atoms with van der Waals surface area (Å²) in [6.07, 6.45) is 0.926. The summed E-state index contributed by atoms with van der Waals surface area (Å²) in [4.78, 5) is 14.7. The lowest BCUT2D eigenvalue weighted by atomic mass is 10.1. The van der Waals surface area contributed by atoms with E-state index in [1.807, 2.05) is 43.3 Å². The highest BCUT2D eigenvalue weighted by molar-refractivity contribution is 7.89. The third kappa shape index (κ3) is 5.91. The van der Waals surface area contributed by atoms with Crippen molar-refractivity contribution in [2.75, 3.05) is 13.1 Å². The molecule has 0 bridgehead atoms. The molecular weight excluding hydrogens is 362 g/mol. The Labute approximate surface area is 160 Å². The summed E-state index contributed by atoms with van der Waals surface area (Å²) >= 11 is 0. The topological polar surface area (TPSA) is 90.3 Å². The van der Waals surface area contributed by atoms with E-state index in [-0.39, 0.29) is 23.8 Å². The molecule has 0 aliphatic carbocycles. The largest absolute Gasteiger partial charge is 0.334 e. The Morgan fingerprint density at radius 2 is 1.78 bits per heavy atom. The van der Waals surface area contributed by atoms with Crippen LogP contribution in [0.15, 0.2) is 59.5 Å². The van der Waals surface area contributed by atoms with Crippen molar-refractivity contribution in [2.45, 2.75) is 31.2 Å². The monoisotopic (exact) mass is 385 g/mol. The molecule has 142 valence electrons. The highest BCUT2D eigenvalue weighted by atomic mass is 32.2. The van der Waals surface area contributed by atoms with Gasteiger partial charge in [-0.3, -0.25) is 4.79 Å². The van der Waals surface area contributed by atoms with E-state index in [1.54, 1.807) is 4.90 Å². The predicted molar refractivity (Wildman–Crippen MR) is 103 cm³/mol. The lowest BCUT2D eigenvalue weighted by Crippen LogP contribution is -2.31. The SMILES string of the molecule is CCCN(Cc1ccccc1)C(=O)c1ccc(S(=O)(=O)NCCC#N)cc1. The van der Waals surface area contributed by atoms with E-state index in [1.165, 1.54) is 24.3 Å². The summed E-state index contributed by atoms with van der Waals surface area (Å²) in [7, 11) is -3.68.